The number of hydrogen-bond acceptors (Lipinski definition) is 5. The second kappa shape index (κ2) is 10.9. The molecule has 3 rings (SSSR count). The Bertz CT molecular complexity index is 880. The zero-order chi connectivity index (χ0) is 23.1. The number of hydrogen-bond donors (Lipinski definition) is 0. The highest BCUT2D eigenvalue weighted by Gasteiger charge is 2.46. The van der Waals surface area contributed by atoms with Gasteiger partial charge in [0.25, 0.3) is 0 Å². The molecule has 0 bridgehead atoms. The number of unbranched alkanes of at least 4 members (excludes halogenated alkanes) is 8. The van der Waals surface area contributed by atoms with E-state index in [-0.39, 0.29) is 12.4 Å². The minimum absolute atomic E-state index is 0.199. The van der Waals surface area contributed by atoms with E-state index in [0.717, 1.165) is 19.3 Å². The first-order valence-corrected chi connectivity index (χ1v) is 12.1. The fourth-order valence-corrected chi connectivity index (χ4v) is 4.45. The van der Waals surface area contributed by atoms with Gasteiger partial charge in [0.1, 0.15) is 17.5 Å². The van der Waals surface area contributed by atoms with Crippen LogP contribution in [-0.2, 0) is 19.1 Å². The fraction of sp³-hybridized carbons (Fsp3) is 0.593. The van der Waals surface area contributed by atoms with Crippen molar-refractivity contribution in [2.75, 3.05) is 0 Å². The number of carbonyl (C=O) groups is 3. The van der Waals surface area contributed by atoms with Crippen LogP contribution in [0.4, 0.5) is 0 Å². The van der Waals surface area contributed by atoms with Crippen LogP contribution in [0.25, 0.3) is 5.76 Å². The van der Waals surface area contributed by atoms with Crippen LogP contribution >= 0.6 is 0 Å². The number of carbonyl (C=O) groups excluding carboxylic acids is 3. The number of Topliss-reactive ketones (excluding diaryl/α,β-unsaturated/α-hetero) is 2. The van der Waals surface area contributed by atoms with Gasteiger partial charge in [0.2, 0.25) is 11.6 Å². The standard InChI is InChI=1S/C27H36O5/c1-4-5-6-7-8-9-10-11-12-17-23(28)31-22-18-21-25(30)24(29)19-15-13-14-16-20(19)26(21)32-27(22,2)3/h13-16,22H,4-12,17-18H2,1-3H3. The third-order valence-corrected chi connectivity index (χ3v) is 6.46. The Morgan fingerprint density at radius 3 is 2.19 bits per heavy atom. The predicted octanol–water partition coefficient (Wildman–Crippen LogP) is 6.19. The molecule has 1 heterocycles. The van der Waals surface area contributed by atoms with E-state index in [1.165, 1.54) is 38.5 Å². The molecule has 5 heteroatoms. The van der Waals surface area contributed by atoms with Crippen molar-refractivity contribution >= 4 is 23.3 Å². The molecule has 2 aliphatic rings. The van der Waals surface area contributed by atoms with Gasteiger partial charge in [-0.2, -0.15) is 0 Å². The van der Waals surface area contributed by atoms with Gasteiger partial charge in [-0.05, 0) is 20.3 Å². The SMILES string of the molecule is CCCCCCCCCCCC(=O)OC1CC2=C(OC1(C)C)c1ccccc1C(=O)C2=O. The number of fused-ring (bicyclic) bond motifs is 2. The van der Waals surface area contributed by atoms with Crippen molar-refractivity contribution in [3.63, 3.8) is 0 Å². The molecule has 5 nitrogen and oxygen atoms in total. The number of ether oxygens (including phenoxy) is 2. The maximum atomic E-state index is 12.7. The van der Waals surface area contributed by atoms with E-state index in [9.17, 15) is 14.4 Å². The first-order chi connectivity index (χ1) is 15.3. The lowest BCUT2D eigenvalue weighted by molar-refractivity contribution is -0.163. The van der Waals surface area contributed by atoms with E-state index in [4.69, 9.17) is 9.47 Å². The number of esters is 1. The van der Waals surface area contributed by atoms with Gasteiger partial charge in [-0.1, -0.05) is 82.6 Å². The van der Waals surface area contributed by atoms with Crippen molar-refractivity contribution in [3.05, 3.63) is 41.0 Å². The molecular formula is C27H36O5. The van der Waals surface area contributed by atoms with Crippen LogP contribution in [0.3, 0.4) is 0 Å². The highest BCUT2D eigenvalue weighted by Crippen LogP contribution is 2.42. The Balaban J connectivity index is 1.52. The van der Waals surface area contributed by atoms with Gasteiger partial charge in [0.15, 0.2) is 0 Å². The lowest BCUT2D eigenvalue weighted by atomic mass is 9.81. The van der Waals surface area contributed by atoms with E-state index in [1.807, 2.05) is 19.9 Å². The lowest BCUT2D eigenvalue weighted by Gasteiger charge is -2.41. The van der Waals surface area contributed by atoms with Crippen LogP contribution in [0.1, 0.15) is 107 Å². The average Bonchev–Trinajstić information content (AvgIpc) is 2.77. The van der Waals surface area contributed by atoms with Crippen LogP contribution in [0.5, 0.6) is 0 Å². The second-order valence-electron chi connectivity index (χ2n) is 9.48. The van der Waals surface area contributed by atoms with Gasteiger partial charge in [0, 0.05) is 24.0 Å². The third-order valence-electron chi connectivity index (χ3n) is 6.46. The Labute approximate surface area is 191 Å². The molecule has 1 atom stereocenters. The molecule has 0 N–H and O–H groups in total. The molecule has 0 aromatic heterocycles. The minimum atomic E-state index is -0.791. The summed E-state index contributed by atoms with van der Waals surface area (Å²) in [5, 5.41) is 0. The molecule has 0 radical (unpaired) electrons. The first kappa shape index (κ1) is 24.2. The van der Waals surface area contributed by atoms with E-state index in [0.29, 0.717) is 28.9 Å². The van der Waals surface area contributed by atoms with E-state index < -0.39 is 23.3 Å². The summed E-state index contributed by atoms with van der Waals surface area (Å²) in [5.41, 5.74) is 0.530. The summed E-state index contributed by atoms with van der Waals surface area (Å²) in [6, 6.07) is 7.00. The van der Waals surface area contributed by atoms with Crippen molar-refractivity contribution in [2.45, 2.75) is 103 Å². The van der Waals surface area contributed by atoms with Crippen LogP contribution in [0.15, 0.2) is 29.8 Å². The maximum absolute atomic E-state index is 12.7. The Morgan fingerprint density at radius 1 is 0.938 bits per heavy atom. The van der Waals surface area contributed by atoms with Crippen molar-refractivity contribution in [1.29, 1.82) is 0 Å². The first-order valence-electron chi connectivity index (χ1n) is 12.1. The van der Waals surface area contributed by atoms with Gasteiger partial charge in [-0.15, -0.1) is 0 Å². The zero-order valence-electron chi connectivity index (χ0n) is 19.7. The van der Waals surface area contributed by atoms with Crippen molar-refractivity contribution in [3.8, 4) is 0 Å². The quantitative estimate of drug-likeness (QED) is 0.233. The summed E-state index contributed by atoms with van der Waals surface area (Å²) in [6.07, 6.45) is 10.6. The number of ketones is 2. The summed E-state index contributed by atoms with van der Waals surface area (Å²) in [6.45, 7) is 5.94. The zero-order valence-corrected chi connectivity index (χ0v) is 19.7. The van der Waals surface area contributed by atoms with Gasteiger partial charge in [0.05, 0.1) is 5.57 Å². The summed E-state index contributed by atoms with van der Waals surface area (Å²) in [7, 11) is 0. The summed E-state index contributed by atoms with van der Waals surface area (Å²) >= 11 is 0. The van der Waals surface area contributed by atoms with Crippen LogP contribution in [0, 0.1) is 0 Å². The average molecular weight is 441 g/mol. The highest BCUT2D eigenvalue weighted by molar-refractivity contribution is 6.52. The smallest absolute Gasteiger partial charge is 0.306 e. The predicted molar refractivity (Wildman–Crippen MR) is 124 cm³/mol. The van der Waals surface area contributed by atoms with E-state index in [2.05, 4.69) is 6.92 Å². The largest absolute Gasteiger partial charge is 0.483 e. The maximum Gasteiger partial charge on any atom is 0.306 e. The molecule has 0 fully saturated rings. The van der Waals surface area contributed by atoms with Crippen molar-refractivity contribution in [2.24, 2.45) is 0 Å². The molecule has 1 aromatic carbocycles. The van der Waals surface area contributed by atoms with Gasteiger partial charge in [-0.3, -0.25) is 14.4 Å². The molecule has 32 heavy (non-hydrogen) atoms. The molecular weight excluding hydrogens is 404 g/mol. The summed E-state index contributed by atoms with van der Waals surface area (Å²) < 4.78 is 11.9. The van der Waals surface area contributed by atoms with Crippen molar-refractivity contribution in [1.82, 2.24) is 0 Å². The molecule has 0 saturated heterocycles. The summed E-state index contributed by atoms with van der Waals surface area (Å²) in [5.74, 6) is -0.910. The van der Waals surface area contributed by atoms with E-state index >= 15 is 0 Å². The molecule has 174 valence electrons. The Morgan fingerprint density at radius 2 is 1.53 bits per heavy atom. The molecule has 0 spiro atoms. The topological polar surface area (TPSA) is 69.7 Å². The third kappa shape index (κ3) is 5.67. The number of rotatable bonds is 11. The lowest BCUT2D eigenvalue weighted by Crippen LogP contribution is -2.47. The van der Waals surface area contributed by atoms with Gasteiger partial charge in [-0.25, -0.2) is 0 Å². The Kier molecular flexibility index (Phi) is 8.27. The monoisotopic (exact) mass is 440 g/mol. The van der Waals surface area contributed by atoms with Crippen LogP contribution in [0.2, 0.25) is 0 Å². The summed E-state index contributed by atoms with van der Waals surface area (Å²) in [4.78, 5) is 37.7. The van der Waals surface area contributed by atoms with Gasteiger partial charge >= 0.3 is 5.97 Å². The van der Waals surface area contributed by atoms with Gasteiger partial charge < -0.3 is 9.47 Å². The molecule has 1 aromatic rings. The normalized spacial score (nSPS) is 19.3. The molecule has 0 saturated carbocycles. The molecule has 1 aliphatic carbocycles. The molecule has 1 unspecified atom stereocenters. The Hall–Kier alpha value is -2.43. The highest BCUT2D eigenvalue weighted by atomic mass is 16.6. The molecule has 0 amide bonds. The molecule has 1 aliphatic heterocycles. The van der Waals surface area contributed by atoms with E-state index in [1.54, 1.807) is 18.2 Å². The van der Waals surface area contributed by atoms with Crippen LogP contribution in [-0.4, -0.2) is 29.2 Å². The fourth-order valence-electron chi connectivity index (χ4n) is 4.45. The van der Waals surface area contributed by atoms with Crippen LogP contribution < -0.4 is 0 Å². The minimum Gasteiger partial charge on any atom is -0.483 e. The number of benzene rings is 1. The second-order valence-corrected chi connectivity index (χ2v) is 9.48. The van der Waals surface area contributed by atoms with Crippen molar-refractivity contribution < 1.29 is 23.9 Å².